The van der Waals surface area contributed by atoms with Crippen molar-refractivity contribution in [1.29, 1.82) is 0 Å². The van der Waals surface area contributed by atoms with Crippen molar-refractivity contribution in [2.24, 2.45) is 5.92 Å². The number of aliphatic hydroxyl groups excluding tert-OH is 1. The Bertz CT molecular complexity index is 1270. The van der Waals surface area contributed by atoms with Gasteiger partial charge < -0.3 is 14.9 Å². The number of nitrogens with zero attached hydrogens (tertiary/aromatic N) is 5. The fourth-order valence-corrected chi connectivity index (χ4v) is 5.15. The standard InChI is InChI=1S/C26H25F4N5O/c1-16-4-2-6-20(27)22(16)34-12-7-17(8-13-34)19-14-21-24(33-11-10-31-21)35(25(19)36)15-18-5-3-9-32-23(18)26(28,29)30/h2-6,9-11,14,17,25,36H,7-8,12-13,15H2,1H3. The molecule has 1 fully saturated rings. The van der Waals surface area contributed by atoms with Gasteiger partial charge >= 0.3 is 6.18 Å². The number of hydrogen-bond donors (Lipinski definition) is 1. The molecule has 1 unspecified atom stereocenters. The van der Waals surface area contributed by atoms with Gasteiger partial charge in [0.25, 0.3) is 0 Å². The number of anilines is 2. The highest BCUT2D eigenvalue weighted by Crippen LogP contribution is 2.39. The van der Waals surface area contributed by atoms with E-state index in [1.54, 1.807) is 12.1 Å². The largest absolute Gasteiger partial charge is 0.433 e. The highest BCUT2D eigenvalue weighted by molar-refractivity contribution is 5.69. The van der Waals surface area contributed by atoms with Crippen LogP contribution in [0, 0.1) is 18.7 Å². The van der Waals surface area contributed by atoms with Gasteiger partial charge in [-0.2, -0.15) is 13.2 Å². The molecule has 1 aromatic carbocycles. The second-order valence-electron chi connectivity index (χ2n) is 9.09. The third-order valence-electron chi connectivity index (χ3n) is 6.85. The molecule has 0 aliphatic carbocycles. The molecule has 3 aromatic rings. The fraction of sp³-hybridized carbons (Fsp3) is 0.346. The monoisotopic (exact) mass is 499 g/mol. The van der Waals surface area contributed by atoms with Gasteiger partial charge in [0.1, 0.15) is 17.2 Å². The Labute approximate surface area is 205 Å². The van der Waals surface area contributed by atoms with Gasteiger partial charge in [0, 0.05) is 43.8 Å². The number of para-hydroxylation sites is 1. The maximum Gasteiger partial charge on any atom is 0.433 e. The zero-order valence-electron chi connectivity index (χ0n) is 19.6. The predicted octanol–water partition coefficient (Wildman–Crippen LogP) is 4.98. The van der Waals surface area contributed by atoms with Crippen LogP contribution in [0.3, 0.4) is 0 Å². The minimum Gasteiger partial charge on any atom is -0.370 e. The summed E-state index contributed by atoms with van der Waals surface area (Å²) in [6.45, 7) is 2.81. The highest BCUT2D eigenvalue weighted by atomic mass is 19.4. The molecular weight excluding hydrogens is 474 g/mol. The average molecular weight is 500 g/mol. The van der Waals surface area contributed by atoms with Crippen molar-refractivity contribution in [2.75, 3.05) is 22.9 Å². The molecule has 5 rings (SSSR count). The fourth-order valence-electron chi connectivity index (χ4n) is 5.15. The van der Waals surface area contributed by atoms with Crippen LogP contribution in [0.15, 0.2) is 54.5 Å². The van der Waals surface area contributed by atoms with E-state index in [2.05, 4.69) is 15.0 Å². The van der Waals surface area contributed by atoms with Crippen LogP contribution in [0.5, 0.6) is 0 Å². The lowest BCUT2D eigenvalue weighted by Crippen LogP contribution is -2.44. The summed E-state index contributed by atoms with van der Waals surface area (Å²) in [5, 5.41) is 11.4. The molecule has 6 nitrogen and oxygen atoms in total. The van der Waals surface area contributed by atoms with Crippen LogP contribution in [0.1, 0.15) is 35.4 Å². The Morgan fingerprint density at radius 3 is 2.47 bits per heavy atom. The summed E-state index contributed by atoms with van der Waals surface area (Å²) < 4.78 is 55.2. The summed E-state index contributed by atoms with van der Waals surface area (Å²) in [5.74, 6) is -0.000187. The molecule has 2 aromatic heterocycles. The van der Waals surface area contributed by atoms with Crippen molar-refractivity contribution < 1.29 is 22.7 Å². The number of fused-ring (bicyclic) bond motifs is 1. The molecule has 188 valence electrons. The van der Waals surface area contributed by atoms with Crippen LogP contribution in [0.2, 0.25) is 0 Å². The lowest BCUT2D eigenvalue weighted by atomic mass is 9.85. The van der Waals surface area contributed by atoms with E-state index in [-0.39, 0.29) is 23.8 Å². The maximum absolute atomic E-state index is 14.5. The topological polar surface area (TPSA) is 65.4 Å². The number of benzene rings is 1. The van der Waals surface area contributed by atoms with Gasteiger partial charge in [0.05, 0.1) is 5.69 Å². The number of rotatable bonds is 4. The van der Waals surface area contributed by atoms with E-state index >= 15 is 0 Å². The molecule has 0 saturated carbocycles. The Morgan fingerprint density at radius 2 is 1.75 bits per heavy atom. The molecule has 1 N–H and O–H groups in total. The van der Waals surface area contributed by atoms with Gasteiger partial charge in [-0.05, 0) is 55.0 Å². The molecule has 36 heavy (non-hydrogen) atoms. The van der Waals surface area contributed by atoms with E-state index in [1.807, 2.05) is 17.9 Å². The third-order valence-corrected chi connectivity index (χ3v) is 6.85. The van der Waals surface area contributed by atoms with Gasteiger partial charge in [-0.25, -0.2) is 9.37 Å². The number of alkyl halides is 3. The van der Waals surface area contributed by atoms with Crippen LogP contribution in [0.4, 0.5) is 29.1 Å². The Hall–Kier alpha value is -3.53. The molecule has 10 heteroatoms. The summed E-state index contributed by atoms with van der Waals surface area (Å²) in [5.41, 5.74) is 1.55. The first-order chi connectivity index (χ1) is 17.2. The van der Waals surface area contributed by atoms with E-state index in [4.69, 9.17) is 0 Å². The van der Waals surface area contributed by atoms with Crippen LogP contribution >= 0.6 is 0 Å². The molecule has 2 aliphatic heterocycles. The summed E-state index contributed by atoms with van der Waals surface area (Å²) in [6, 6.07) is 7.80. The molecule has 2 aliphatic rings. The smallest absolute Gasteiger partial charge is 0.370 e. The zero-order valence-corrected chi connectivity index (χ0v) is 19.6. The highest BCUT2D eigenvalue weighted by Gasteiger charge is 2.38. The number of halogens is 4. The normalized spacial score (nSPS) is 18.7. The first kappa shape index (κ1) is 24.2. The Balaban J connectivity index is 1.41. The molecule has 1 atom stereocenters. The first-order valence-corrected chi connectivity index (χ1v) is 11.7. The van der Waals surface area contributed by atoms with Gasteiger partial charge in [0.2, 0.25) is 0 Å². The van der Waals surface area contributed by atoms with Crippen molar-refractivity contribution in [2.45, 2.75) is 38.7 Å². The van der Waals surface area contributed by atoms with Crippen molar-refractivity contribution in [3.63, 3.8) is 0 Å². The summed E-state index contributed by atoms with van der Waals surface area (Å²) in [4.78, 5) is 15.6. The minimum absolute atomic E-state index is 0.0445. The molecule has 0 spiro atoms. The second-order valence-corrected chi connectivity index (χ2v) is 9.09. The van der Waals surface area contributed by atoms with Crippen LogP contribution in [-0.2, 0) is 12.7 Å². The number of hydrogen-bond acceptors (Lipinski definition) is 6. The van der Waals surface area contributed by atoms with Crippen molar-refractivity contribution in [3.05, 3.63) is 82.8 Å². The minimum atomic E-state index is -4.63. The van der Waals surface area contributed by atoms with E-state index in [9.17, 15) is 22.7 Å². The van der Waals surface area contributed by atoms with Crippen molar-refractivity contribution >= 4 is 17.6 Å². The van der Waals surface area contributed by atoms with Crippen LogP contribution in [0.25, 0.3) is 6.08 Å². The van der Waals surface area contributed by atoms with Gasteiger partial charge in [-0.1, -0.05) is 18.2 Å². The van der Waals surface area contributed by atoms with E-state index in [0.29, 0.717) is 48.7 Å². The first-order valence-electron chi connectivity index (χ1n) is 11.7. The molecule has 1 saturated heterocycles. The summed E-state index contributed by atoms with van der Waals surface area (Å²) in [6.07, 6.45) is 1.34. The Morgan fingerprint density at radius 1 is 1.00 bits per heavy atom. The van der Waals surface area contributed by atoms with Crippen LogP contribution < -0.4 is 9.80 Å². The number of piperidine rings is 1. The van der Waals surface area contributed by atoms with Crippen LogP contribution in [-0.4, -0.2) is 39.4 Å². The molecule has 0 amide bonds. The van der Waals surface area contributed by atoms with E-state index < -0.39 is 18.1 Å². The lowest BCUT2D eigenvalue weighted by Gasteiger charge is -2.41. The van der Waals surface area contributed by atoms with E-state index in [0.717, 1.165) is 11.8 Å². The SMILES string of the molecule is Cc1cccc(F)c1N1CCC(C2=Cc3nccnc3N(Cc3cccnc3C(F)(F)F)C2O)CC1. The summed E-state index contributed by atoms with van der Waals surface area (Å²) >= 11 is 0. The van der Waals surface area contributed by atoms with Gasteiger partial charge in [-0.3, -0.25) is 9.97 Å². The predicted molar refractivity (Wildman–Crippen MR) is 128 cm³/mol. The zero-order chi connectivity index (χ0) is 25.4. The molecule has 0 radical (unpaired) electrons. The van der Waals surface area contributed by atoms with Gasteiger partial charge in [0.15, 0.2) is 12.0 Å². The number of aliphatic hydroxyl groups is 1. The molecule has 4 heterocycles. The number of aromatic nitrogens is 3. The maximum atomic E-state index is 14.5. The number of pyridine rings is 1. The van der Waals surface area contributed by atoms with Gasteiger partial charge in [-0.15, -0.1) is 0 Å². The molecule has 0 bridgehead atoms. The van der Waals surface area contributed by atoms with Crippen molar-refractivity contribution in [3.8, 4) is 0 Å². The Kier molecular flexibility index (Phi) is 6.38. The van der Waals surface area contributed by atoms with E-state index in [1.165, 1.54) is 35.5 Å². The third kappa shape index (κ3) is 4.53. The second kappa shape index (κ2) is 9.50. The quantitative estimate of drug-likeness (QED) is 0.511. The number of aryl methyl sites for hydroxylation is 1. The average Bonchev–Trinajstić information content (AvgIpc) is 2.86. The van der Waals surface area contributed by atoms with Crippen molar-refractivity contribution in [1.82, 2.24) is 15.0 Å². The molecular formula is C26H25F4N5O. The summed E-state index contributed by atoms with van der Waals surface area (Å²) in [7, 11) is 0. The lowest BCUT2D eigenvalue weighted by molar-refractivity contribution is -0.141.